The number of carboxylic acids is 1. The molecule has 1 aromatic rings. The molecule has 2 aliphatic rings. The van der Waals surface area contributed by atoms with Crippen LogP contribution in [0.1, 0.15) is 24.8 Å². The summed E-state index contributed by atoms with van der Waals surface area (Å²) in [7, 11) is 0. The summed E-state index contributed by atoms with van der Waals surface area (Å²) in [4.78, 5) is 28.5. The minimum atomic E-state index is -1.21. The molecule has 0 bridgehead atoms. The number of piperazine rings is 1. The fourth-order valence-corrected chi connectivity index (χ4v) is 4.32. The molecule has 3 rings (SSSR count). The molecule has 2 fully saturated rings. The molecular formula is C21H31N3O4. The van der Waals surface area contributed by atoms with Gasteiger partial charge in [0.15, 0.2) is 0 Å². The first-order valence-corrected chi connectivity index (χ1v) is 10.2. The molecule has 0 aliphatic carbocycles. The van der Waals surface area contributed by atoms with Gasteiger partial charge in [-0.15, -0.1) is 0 Å². The second-order valence-electron chi connectivity index (χ2n) is 7.95. The predicted molar refractivity (Wildman–Crippen MR) is 106 cm³/mol. The Morgan fingerprint density at radius 2 is 1.86 bits per heavy atom. The normalized spacial score (nSPS) is 26.2. The van der Waals surface area contributed by atoms with Crippen molar-refractivity contribution in [2.24, 2.45) is 5.41 Å². The second kappa shape index (κ2) is 9.49. The fourth-order valence-electron chi connectivity index (χ4n) is 4.32. The van der Waals surface area contributed by atoms with Gasteiger partial charge in [0.2, 0.25) is 5.91 Å². The van der Waals surface area contributed by atoms with Crippen LogP contribution in [0.5, 0.6) is 0 Å². The van der Waals surface area contributed by atoms with Gasteiger partial charge in [-0.3, -0.25) is 14.5 Å². The van der Waals surface area contributed by atoms with Crippen molar-refractivity contribution in [2.75, 3.05) is 45.8 Å². The lowest BCUT2D eigenvalue weighted by Crippen LogP contribution is -2.58. The van der Waals surface area contributed by atoms with Gasteiger partial charge >= 0.3 is 5.97 Å². The van der Waals surface area contributed by atoms with Gasteiger partial charge in [-0.25, -0.2) is 0 Å². The predicted octanol–water partition coefficient (Wildman–Crippen LogP) is 0.579. The van der Waals surface area contributed by atoms with Crippen LogP contribution in [0.15, 0.2) is 30.3 Å². The Hall–Kier alpha value is -1.96. The maximum Gasteiger partial charge on any atom is 0.313 e. The van der Waals surface area contributed by atoms with Crippen LogP contribution in [0.25, 0.3) is 0 Å². The first kappa shape index (κ1) is 20.8. The highest BCUT2D eigenvalue weighted by Gasteiger charge is 2.48. The molecule has 154 valence electrons. The van der Waals surface area contributed by atoms with Gasteiger partial charge < -0.3 is 20.4 Å². The highest BCUT2D eigenvalue weighted by atomic mass is 16.4. The van der Waals surface area contributed by atoms with Gasteiger partial charge in [0.25, 0.3) is 0 Å². The van der Waals surface area contributed by atoms with Crippen molar-refractivity contribution >= 4 is 11.9 Å². The number of benzene rings is 1. The first-order chi connectivity index (χ1) is 13.5. The average molecular weight is 389 g/mol. The van der Waals surface area contributed by atoms with E-state index in [1.165, 1.54) is 5.56 Å². The minimum Gasteiger partial charge on any atom is -0.481 e. The summed E-state index contributed by atoms with van der Waals surface area (Å²) in [6.45, 7) is 3.96. The fraction of sp³-hybridized carbons (Fsp3) is 0.619. The average Bonchev–Trinajstić information content (AvgIpc) is 2.71. The van der Waals surface area contributed by atoms with Gasteiger partial charge in [0.1, 0.15) is 5.41 Å². The maximum absolute atomic E-state index is 12.6. The molecule has 2 atom stereocenters. The van der Waals surface area contributed by atoms with Crippen LogP contribution in [-0.2, 0) is 16.0 Å². The second-order valence-corrected chi connectivity index (χ2v) is 7.95. The number of hydrogen-bond acceptors (Lipinski definition) is 5. The van der Waals surface area contributed by atoms with E-state index in [2.05, 4.69) is 5.32 Å². The van der Waals surface area contributed by atoms with E-state index >= 15 is 0 Å². The number of aliphatic hydroxyl groups excluding tert-OH is 1. The number of likely N-dealkylation sites (tertiary alicyclic amines) is 1. The Kier molecular flexibility index (Phi) is 7.04. The molecule has 7 heteroatoms. The number of piperidine rings is 1. The number of nitrogens with zero attached hydrogens (tertiary/aromatic N) is 2. The molecule has 0 spiro atoms. The van der Waals surface area contributed by atoms with Crippen molar-refractivity contribution in [2.45, 2.75) is 31.8 Å². The summed E-state index contributed by atoms with van der Waals surface area (Å²) in [5.74, 6) is -0.922. The largest absolute Gasteiger partial charge is 0.481 e. The van der Waals surface area contributed by atoms with Crippen molar-refractivity contribution in [3.05, 3.63) is 35.9 Å². The number of nitrogens with one attached hydrogen (secondary N) is 1. The number of aliphatic hydroxyl groups is 1. The number of aryl methyl sites for hydroxylation is 1. The van der Waals surface area contributed by atoms with Crippen LogP contribution < -0.4 is 5.32 Å². The Balaban J connectivity index is 1.61. The Morgan fingerprint density at radius 3 is 2.54 bits per heavy atom. The highest BCUT2D eigenvalue weighted by molar-refractivity contribution is 5.79. The summed E-state index contributed by atoms with van der Waals surface area (Å²) < 4.78 is 0. The zero-order valence-electron chi connectivity index (χ0n) is 16.3. The summed E-state index contributed by atoms with van der Waals surface area (Å²) in [5.41, 5.74) is -0.0457. The lowest BCUT2D eigenvalue weighted by atomic mass is 9.73. The van der Waals surface area contributed by atoms with Crippen LogP contribution >= 0.6 is 0 Å². The summed E-state index contributed by atoms with van der Waals surface area (Å²) in [6, 6.07) is 9.97. The van der Waals surface area contributed by atoms with Crippen LogP contribution in [0.2, 0.25) is 0 Å². The molecule has 2 aliphatic heterocycles. The summed E-state index contributed by atoms with van der Waals surface area (Å²) in [6.07, 6.45) is 1.37. The number of hydrogen-bond donors (Lipinski definition) is 3. The number of carbonyl (C=O) groups excluding carboxylic acids is 1. The Labute approximate surface area is 166 Å². The van der Waals surface area contributed by atoms with E-state index in [0.29, 0.717) is 38.9 Å². The van der Waals surface area contributed by atoms with E-state index in [1.807, 2.05) is 40.1 Å². The quantitative estimate of drug-likeness (QED) is 0.632. The van der Waals surface area contributed by atoms with E-state index < -0.39 is 17.5 Å². The Morgan fingerprint density at radius 1 is 1.14 bits per heavy atom. The lowest BCUT2D eigenvalue weighted by molar-refractivity contribution is -0.165. The summed E-state index contributed by atoms with van der Waals surface area (Å²) in [5, 5.41) is 23.8. The molecule has 0 saturated carbocycles. The molecule has 0 aromatic heterocycles. The highest BCUT2D eigenvalue weighted by Crippen LogP contribution is 2.36. The van der Waals surface area contributed by atoms with Crippen LogP contribution in [-0.4, -0.2) is 83.8 Å². The van der Waals surface area contributed by atoms with Gasteiger partial charge in [0, 0.05) is 39.3 Å². The van der Waals surface area contributed by atoms with Gasteiger partial charge in [0.05, 0.1) is 12.6 Å². The van der Waals surface area contributed by atoms with E-state index in [0.717, 1.165) is 19.5 Å². The van der Waals surface area contributed by atoms with Gasteiger partial charge in [-0.2, -0.15) is 0 Å². The van der Waals surface area contributed by atoms with Crippen molar-refractivity contribution in [3.63, 3.8) is 0 Å². The topological polar surface area (TPSA) is 93.1 Å². The van der Waals surface area contributed by atoms with E-state index in [4.69, 9.17) is 0 Å². The number of aliphatic carboxylic acids is 1. The molecule has 1 amide bonds. The molecular weight excluding hydrogens is 358 g/mol. The van der Waals surface area contributed by atoms with Crippen molar-refractivity contribution < 1.29 is 19.8 Å². The third kappa shape index (κ3) is 4.90. The lowest BCUT2D eigenvalue weighted by Gasteiger charge is -2.43. The molecule has 2 saturated heterocycles. The molecule has 7 nitrogen and oxygen atoms in total. The molecule has 2 heterocycles. The van der Waals surface area contributed by atoms with E-state index in [-0.39, 0.29) is 19.0 Å². The van der Waals surface area contributed by atoms with Crippen LogP contribution in [0, 0.1) is 5.41 Å². The van der Waals surface area contributed by atoms with Gasteiger partial charge in [-0.1, -0.05) is 30.3 Å². The van der Waals surface area contributed by atoms with Crippen LogP contribution in [0.4, 0.5) is 0 Å². The smallest absolute Gasteiger partial charge is 0.313 e. The number of rotatable bonds is 7. The van der Waals surface area contributed by atoms with Crippen molar-refractivity contribution in [1.29, 1.82) is 0 Å². The maximum atomic E-state index is 12.6. The van der Waals surface area contributed by atoms with E-state index in [1.54, 1.807) is 0 Å². The zero-order chi connectivity index (χ0) is 20.0. The summed E-state index contributed by atoms with van der Waals surface area (Å²) >= 11 is 0. The molecule has 0 radical (unpaired) electrons. The third-order valence-electron chi connectivity index (χ3n) is 6.05. The first-order valence-electron chi connectivity index (χ1n) is 10.2. The zero-order valence-corrected chi connectivity index (χ0v) is 16.3. The molecule has 1 aromatic carbocycles. The van der Waals surface area contributed by atoms with Crippen LogP contribution in [0.3, 0.4) is 0 Å². The monoisotopic (exact) mass is 389 g/mol. The third-order valence-corrected chi connectivity index (χ3v) is 6.05. The van der Waals surface area contributed by atoms with Crippen molar-refractivity contribution in [3.8, 4) is 0 Å². The molecule has 3 N–H and O–H groups in total. The Bertz CT molecular complexity index is 663. The molecule has 28 heavy (non-hydrogen) atoms. The number of carbonyl (C=O) groups is 2. The minimum absolute atomic E-state index is 0.0430. The SMILES string of the molecule is O=C(CN1CC[C@@H](O)[C@](CCCc2ccccc2)(C(=O)O)C1)N1CCNCC1. The van der Waals surface area contributed by atoms with Gasteiger partial charge in [-0.05, 0) is 31.2 Å². The molecule has 0 unspecified atom stereocenters. The van der Waals surface area contributed by atoms with Crippen molar-refractivity contribution in [1.82, 2.24) is 15.1 Å². The standard InChI is InChI=1S/C21H31N3O4/c25-18-8-12-23(15-19(26)24-13-10-22-11-14-24)16-21(18,20(27)28)9-4-7-17-5-2-1-3-6-17/h1-3,5-6,18,22,25H,4,7-16H2,(H,27,28)/t18-,21-/m1/s1. The van der Waals surface area contributed by atoms with E-state index in [9.17, 15) is 19.8 Å². The number of carboxylic acid groups (broad SMARTS) is 1. The number of amides is 1.